The number of allylic oxidation sites excluding steroid dienone is 1. The molecular weight excluding hydrogens is 469 g/mol. The predicted octanol–water partition coefficient (Wildman–Crippen LogP) is 6.44. The van der Waals surface area contributed by atoms with Gasteiger partial charge < -0.3 is 9.64 Å². The van der Waals surface area contributed by atoms with Crippen LogP contribution in [0.15, 0.2) is 11.6 Å². The van der Waals surface area contributed by atoms with E-state index >= 15 is 0 Å². The molecule has 4 rings (SSSR count). The molecule has 34 heavy (non-hydrogen) atoms. The third-order valence-electron chi connectivity index (χ3n) is 10.5. The van der Waals surface area contributed by atoms with Crippen molar-refractivity contribution in [2.24, 2.45) is 40.4 Å². The molecule has 6 heteroatoms. The van der Waals surface area contributed by atoms with Crippen LogP contribution in [0.5, 0.6) is 0 Å². The first-order chi connectivity index (χ1) is 16.2. The summed E-state index contributed by atoms with van der Waals surface area (Å²) in [4.78, 5) is 26.8. The minimum Gasteiger partial charge on any atom is -0.462 e. The van der Waals surface area contributed by atoms with E-state index in [1.165, 1.54) is 31.8 Å². The van der Waals surface area contributed by atoms with E-state index in [0.29, 0.717) is 48.5 Å². The molecule has 0 saturated heterocycles. The van der Waals surface area contributed by atoms with Crippen molar-refractivity contribution in [3.63, 3.8) is 0 Å². The van der Waals surface area contributed by atoms with Crippen LogP contribution < -0.4 is 0 Å². The summed E-state index contributed by atoms with van der Waals surface area (Å²) in [5.74, 6) is 3.51. The Morgan fingerprint density at radius 3 is 2.44 bits per heavy atom. The highest BCUT2D eigenvalue weighted by Gasteiger charge is 2.60. The van der Waals surface area contributed by atoms with Crippen LogP contribution in [-0.2, 0) is 14.3 Å². The number of hydrogen-bond acceptors (Lipinski definition) is 3. The Hall–Kier alpha value is -0.740. The van der Waals surface area contributed by atoms with Crippen LogP contribution in [0.25, 0.3) is 0 Å². The van der Waals surface area contributed by atoms with E-state index in [0.717, 1.165) is 32.1 Å². The van der Waals surface area contributed by atoms with Crippen LogP contribution in [0.4, 0.5) is 0 Å². The molecule has 8 atom stereocenters. The second kappa shape index (κ2) is 10.3. The molecule has 0 radical (unpaired) electrons. The lowest BCUT2D eigenvalue weighted by molar-refractivity contribution is -0.148. The number of halogens is 2. The number of carbonyl (C=O) groups excluding carboxylic acids is 2. The van der Waals surface area contributed by atoms with Gasteiger partial charge in [0.2, 0.25) is 5.91 Å². The van der Waals surface area contributed by atoms with E-state index in [4.69, 9.17) is 27.9 Å². The number of hydrogen-bond donors (Lipinski definition) is 0. The standard InChI is InChI=1S/C28H43Cl2NO3/c1-18(26(33)31(15-13-29)16-14-30)23-7-8-24-22-6-5-20-17-21(34-19(2)32)9-11-27(20,3)25(22)10-12-28(23,24)4/h5,18,21-25H,6-17H2,1-4H3. The highest BCUT2D eigenvalue weighted by molar-refractivity contribution is 6.18. The van der Waals surface area contributed by atoms with Gasteiger partial charge in [-0.1, -0.05) is 32.4 Å². The first-order valence-electron chi connectivity index (χ1n) is 13.4. The minimum absolute atomic E-state index is 0.0161. The Bertz CT molecular complexity index is 809. The van der Waals surface area contributed by atoms with Crippen molar-refractivity contribution in [1.29, 1.82) is 0 Å². The van der Waals surface area contributed by atoms with Gasteiger partial charge >= 0.3 is 5.97 Å². The number of nitrogens with zero attached hydrogens (tertiary/aromatic N) is 1. The molecular formula is C28H43Cl2NO3. The molecule has 4 nitrogen and oxygen atoms in total. The van der Waals surface area contributed by atoms with Crippen molar-refractivity contribution in [2.45, 2.75) is 85.2 Å². The second-order valence-electron chi connectivity index (χ2n) is 12.0. The zero-order valence-electron chi connectivity index (χ0n) is 21.5. The molecule has 0 bridgehead atoms. The molecule has 0 N–H and O–H groups in total. The summed E-state index contributed by atoms with van der Waals surface area (Å²) in [6.45, 7) is 9.80. The number of rotatable bonds is 7. The summed E-state index contributed by atoms with van der Waals surface area (Å²) in [7, 11) is 0. The van der Waals surface area contributed by atoms with Gasteiger partial charge in [-0.3, -0.25) is 9.59 Å². The first kappa shape index (κ1) is 26.3. The van der Waals surface area contributed by atoms with Crippen LogP contribution in [0.3, 0.4) is 0 Å². The summed E-state index contributed by atoms with van der Waals surface area (Å²) in [5.41, 5.74) is 1.99. The number of fused-ring (bicyclic) bond motifs is 5. The maximum Gasteiger partial charge on any atom is 0.302 e. The second-order valence-corrected chi connectivity index (χ2v) is 12.7. The van der Waals surface area contributed by atoms with Crippen molar-refractivity contribution in [2.75, 3.05) is 24.8 Å². The average molecular weight is 513 g/mol. The summed E-state index contributed by atoms with van der Waals surface area (Å²) in [6, 6.07) is 0. The van der Waals surface area contributed by atoms with Crippen LogP contribution in [-0.4, -0.2) is 47.7 Å². The summed E-state index contributed by atoms with van der Waals surface area (Å²) in [6.07, 6.45) is 11.5. The van der Waals surface area contributed by atoms with Crippen LogP contribution >= 0.6 is 23.2 Å². The number of amides is 1. The number of alkyl halides is 2. The molecule has 3 fully saturated rings. The van der Waals surface area contributed by atoms with E-state index in [1.54, 1.807) is 0 Å². The Morgan fingerprint density at radius 2 is 1.79 bits per heavy atom. The zero-order chi connectivity index (χ0) is 24.7. The van der Waals surface area contributed by atoms with Gasteiger partial charge in [0.15, 0.2) is 0 Å². The van der Waals surface area contributed by atoms with Gasteiger partial charge in [-0.05, 0) is 79.4 Å². The Morgan fingerprint density at radius 1 is 1.09 bits per heavy atom. The quantitative estimate of drug-likeness (QED) is 0.224. The highest BCUT2D eigenvalue weighted by Crippen LogP contribution is 2.67. The molecule has 1 amide bonds. The Balaban J connectivity index is 1.51. The third kappa shape index (κ3) is 4.56. The van der Waals surface area contributed by atoms with Gasteiger partial charge in [0.1, 0.15) is 6.10 Å². The predicted molar refractivity (Wildman–Crippen MR) is 138 cm³/mol. The maximum atomic E-state index is 13.4. The SMILES string of the molecule is CC(=O)OC1CCC2(C)C(=CCC3C2CCC2(C)C(C(C)C(=O)N(CCCl)CCCl)CCC32)C1. The van der Waals surface area contributed by atoms with Crippen molar-refractivity contribution < 1.29 is 14.3 Å². The van der Waals surface area contributed by atoms with E-state index in [9.17, 15) is 9.59 Å². The molecule has 0 heterocycles. The molecule has 0 aromatic carbocycles. The van der Waals surface area contributed by atoms with Gasteiger partial charge in [-0.2, -0.15) is 0 Å². The zero-order valence-corrected chi connectivity index (χ0v) is 23.0. The monoisotopic (exact) mass is 511 g/mol. The van der Waals surface area contributed by atoms with E-state index in [2.05, 4.69) is 26.8 Å². The highest BCUT2D eigenvalue weighted by atomic mass is 35.5. The first-order valence-corrected chi connectivity index (χ1v) is 14.5. The maximum absolute atomic E-state index is 13.4. The molecule has 8 unspecified atom stereocenters. The van der Waals surface area contributed by atoms with Gasteiger partial charge in [0.25, 0.3) is 0 Å². The Labute approximate surface area is 216 Å². The van der Waals surface area contributed by atoms with Gasteiger partial charge in [0, 0.05) is 44.1 Å². The fourth-order valence-corrected chi connectivity index (χ4v) is 9.23. The lowest BCUT2D eigenvalue weighted by Crippen LogP contribution is -2.52. The fourth-order valence-electron chi connectivity index (χ4n) is 8.82. The topological polar surface area (TPSA) is 46.6 Å². The molecule has 4 aliphatic rings. The van der Waals surface area contributed by atoms with Crippen molar-refractivity contribution >= 4 is 35.1 Å². The smallest absolute Gasteiger partial charge is 0.302 e. The fraction of sp³-hybridized carbons (Fsp3) is 0.857. The van der Waals surface area contributed by atoms with E-state index < -0.39 is 0 Å². The van der Waals surface area contributed by atoms with E-state index in [-0.39, 0.29) is 34.7 Å². The molecule has 4 aliphatic carbocycles. The van der Waals surface area contributed by atoms with Crippen molar-refractivity contribution in [3.05, 3.63) is 11.6 Å². The summed E-state index contributed by atoms with van der Waals surface area (Å²) in [5, 5.41) is 0. The molecule has 192 valence electrons. The molecule has 3 saturated carbocycles. The van der Waals surface area contributed by atoms with Crippen LogP contribution in [0.1, 0.15) is 79.1 Å². The number of esters is 1. The molecule has 0 aromatic rings. The van der Waals surface area contributed by atoms with Gasteiger partial charge in [-0.25, -0.2) is 0 Å². The van der Waals surface area contributed by atoms with Crippen LogP contribution in [0.2, 0.25) is 0 Å². The molecule has 0 aliphatic heterocycles. The molecule has 0 spiro atoms. The van der Waals surface area contributed by atoms with Crippen molar-refractivity contribution in [3.8, 4) is 0 Å². The van der Waals surface area contributed by atoms with Gasteiger partial charge in [0.05, 0.1) is 0 Å². The summed E-state index contributed by atoms with van der Waals surface area (Å²) >= 11 is 12.0. The lowest BCUT2D eigenvalue weighted by Gasteiger charge is -2.58. The van der Waals surface area contributed by atoms with E-state index in [1.807, 2.05) is 4.90 Å². The number of ether oxygens (including phenoxy) is 1. The lowest BCUT2D eigenvalue weighted by atomic mass is 9.47. The van der Waals surface area contributed by atoms with Crippen molar-refractivity contribution in [1.82, 2.24) is 4.90 Å². The average Bonchev–Trinajstić information content (AvgIpc) is 3.15. The molecule has 0 aromatic heterocycles. The largest absolute Gasteiger partial charge is 0.462 e. The van der Waals surface area contributed by atoms with Gasteiger partial charge in [-0.15, -0.1) is 23.2 Å². The van der Waals surface area contributed by atoms with Crippen LogP contribution in [0, 0.1) is 40.4 Å². The minimum atomic E-state index is -0.160. The third-order valence-corrected chi connectivity index (χ3v) is 10.8. The Kier molecular flexibility index (Phi) is 7.99. The number of carbonyl (C=O) groups is 2. The summed E-state index contributed by atoms with van der Waals surface area (Å²) < 4.78 is 5.59. The normalized spacial score (nSPS) is 39.8.